The van der Waals surface area contributed by atoms with Crippen molar-refractivity contribution in [2.75, 3.05) is 24.7 Å². The summed E-state index contributed by atoms with van der Waals surface area (Å²) in [5.74, 6) is 2.51. The molecule has 1 aromatic rings. The number of hydrogen-bond acceptors (Lipinski definition) is 4. The van der Waals surface area contributed by atoms with E-state index in [1.54, 1.807) is 23.6 Å². The van der Waals surface area contributed by atoms with Crippen LogP contribution in [0.25, 0.3) is 0 Å². The molecule has 126 valence electrons. The lowest BCUT2D eigenvalue weighted by atomic mass is 10.0. The lowest BCUT2D eigenvalue weighted by Crippen LogP contribution is -2.51. The molecule has 3 rings (SSSR count). The molecule has 1 aromatic heterocycles. The first kappa shape index (κ1) is 16.4. The Kier molecular flexibility index (Phi) is 4.94. The SMILES string of the molecule is CCc1nccn1[C@H]1CCCN(C(=O)[C@@H]2CSCN2C(C)=O)C1. The van der Waals surface area contributed by atoms with Crippen LogP contribution in [-0.2, 0) is 16.0 Å². The number of rotatable bonds is 3. The molecule has 6 nitrogen and oxygen atoms in total. The van der Waals surface area contributed by atoms with Gasteiger partial charge in [-0.3, -0.25) is 9.59 Å². The molecule has 2 fully saturated rings. The highest BCUT2D eigenvalue weighted by molar-refractivity contribution is 7.99. The second kappa shape index (κ2) is 6.95. The van der Waals surface area contributed by atoms with Gasteiger partial charge in [0.15, 0.2) is 0 Å². The molecule has 0 radical (unpaired) electrons. The molecule has 0 aliphatic carbocycles. The van der Waals surface area contributed by atoms with E-state index in [9.17, 15) is 9.59 Å². The van der Waals surface area contributed by atoms with Gasteiger partial charge in [-0.1, -0.05) is 6.92 Å². The van der Waals surface area contributed by atoms with Gasteiger partial charge in [0.1, 0.15) is 11.9 Å². The maximum Gasteiger partial charge on any atom is 0.246 e. The fourth-order valence-corrected chi connectivity index (χ4v) is 4.71. The minimum atomic E-state index is -0.287. The second-order valence-electron chi connectivity index (χ2n) is 6.19. The molecule has 0 N–H and O–H groups in total. The Morgan fingerprint density at radius 2 is 2.26 bits per heavy atom. The second-order valence-corrected chi connectivity index (χ2v) is 7.19. The standard InChI is InChI=1S/C16H24N4O2S/c1-3-15-17-6-8-19(15)13-5-4-7-18(9-13)16(22)14-10-23-11-20(14)12(2)21/h6,8,13-14H,3-5,7,9-11H2,1-2H3/t13-,14-/m0/s1. The minimum Gasteiger partial charge on any atom is -0.339 e. The predicted octanol–water partition coefficient (Wildman–Crippen LogP) is 1.53. The zero-order valence-electron chi connectivity index (χ0n) is 13.8. The fourth-order valence-electron chi connectivity index (χ4n) is 3.50. The maximum atomic E-state index is 12.9. The van der Waals surface area contributed by atoms with E-state index in [1.807, 2.05) is 17.3 Å². The molecule has 2 aliphatic rings. The minimum absolute atomic E-state index is 0.00946. The first-order chi connectivity index (χ1) is 11.1. The van der Waals surface area contributed by atoms with Gasteiger partial charge in [0, 0.05) is 44.6 Å². The van der Waals surface area contributed by atoms with Gasteiger partial charge in [-0.05, 0) is 12.8 Å². The molecule has 2 saturated heterocycles. The van der Waals surface area contributed by atoms with Crippen molar-refractivity contribution in [2.45, 2.75) is 45.2 Å². The van der Waals surface area contributed by atoms with E-state index in [-0.39, 0.29) is 17.9 Å². The normalized spacial score (nSPS) is 25.0. The Bertz CT molecular complexity index is 588. The van der Waals surface area contributed by atoms with E-state index in [0.29, 0.717) is 17.7 Å². The average molecular weight is 336 g/mol. The van der Waals surface area contributed by atoms with Crippen LogP contribution in [0.1, 0.15) is 38.6 Å². The van der Waals surface area contributed by atoms with Crippen molar-refractivity contribution in [2.24, 2.45) is 0 Å². The number of aryl methyl sites for hydroxylation is 1. The maximum absolute atomic E-state index is 12.9. The molecular weight excluding hydrogens is 312 g/mol. The molecular formula is C16H24N4O2S. The highest BCUT2D eigenvalue weighted by Crippen LogP contribution is 2.27. The number of thioether (sulfide) groups is 1. The third-order valence-electron chi connectivity index (χ3n) is 4.74. The molecule has 0 spiro atoms. The van der Waals surface area contributed by atoms with Crippen LogP contribution in [-0.4, -0.2) is 61.9 Å². The van der Waals surface area contributed by atoms with Crippen LogP contribution in [0.4, 0.5) is 0 Å². The summed E-state index contributed by atoms with van der Waals surface area (Å²) in [7, 11) is 0. The Morgan fingerprint density at radius 3 is 3.00 bits per heavy atom. The lowest BCUT2D eigenvalue weighted by molar-refractivity contribution is -0.143. The number of aromatic nitrogens is 2. The predicted molar refractivity (Wildman–Crippen MR) is 90.1 cm³/mol. The van der Waals surface area contributed by atoms with Crippen molar-refractivity contribution in [1.29, 1.82) is 0 Å². The highest BCUT2D eigenvalue weighted by Gasteiger charge is 2.37. The number of likely N-dealkylation sites (tertiary alicyclic amines) is 1. The Hall–Kier alpha value is -1.50. The van der Waals surface area contributed by atoms with E-state index in [1.165, 1.54) is 0 Å². The Morgan fingerprint density at radius 1 is 1.43 bits per heavy atom. The highest BCUT2D eigenvalue weighted by atomic mass is 32.2. The molecule has 2 atom stereocenters. The first-order valence-corrected chi connectivity index (χ1v) is 9.42. The smallest absolute Gasteiger partial charge is 0.246 e. The molecule has 23 heavy (non-hydrogen) atoms. The van der Waals surface area contributed by atoms with E-state index in [4.69, 9.17) is 0 Å². The van der Waals surface area contributed by atoms with Crippen LogP contribution in [0.2, 0.25) is 0 Å². The monoisotopic (exact) mass is 336 g/mol. The summed E-state index contributed by atoms with van der Waals surface area (Å²) >= 11 is 1.66. The van der Waals surface area contributed by atoms with Crippen molar-refractivity contribution in [3.05, 3.63) is 18.2 Å². The molecule has 2 aliphatic heterocycles. The van der Waals surface area contributed by atoms with Gasteiger partial charge >= 0.3 is 0 Å². The van der Waals surface area contributed by atoms with Crippen molar-refractivity contribution in [3.63, 3.8) is 0 Å². The van der Waals surface area contributed by atoms with Gasteiger partial charge < -0.3 is 14.4 Å². The van der Waals surface area contributed by atoms with Gasteiger partial charge in [0.2, 0.25) is 11.8 Å². The molecule has 0 unspecified atom stereocenters. The van der Waals surface area contributed by atoms with Crippen molar-refractivity contribution >= 4 is 23.6 Å². The summed E-state index contributed by atoms with van der Waals surface area (Å²) in [6, 6.07) is 0.00895. The van der Waals surface area contributed by atoms with Crippen molar-refractivity contribution < 1.29 is 9.59 Å². The van der Waals surface area contributed by atoms with Crippen LogP contribution in [0.3, 0.4) is 0 Å². The third-order valence-corrected chi connectivity index (χ3v) is 5.75. The van der Waals surface area contributed by atoms with Crippen molar-refractivity contribution in [3.8, 4) is 0 Å². The summed E-state index contributed by atoms with van der Waals surface area (Å²) in [6.45, 7) is 5.16. The summed E-state index contributed by atoms with van der Waals surface area (Å²) in [5.41, 5.74) is 0. The number of nitrogens with zero attached hydrogens (tertiary/aromatic N) is 4. The zero-order chi connectivity index (χ0) is 16.4. The number of carbonyl (C=O) groups is 2. The van der Waals surface area contributed by atoms with Crippen LogP contribution in [0, 0.1) is 0 Å². The van der Waals surface area contributed by atoms with Crippen LogP contribution in [0.15, 0.2) is 12.4 Å². The third kappa shape index (κ3) is 3.24. The Balaban J connectivity index is 1.71. The number of amides is 2. The van der Waals surface area contributed by atoms with Crippen LogP contribution >= 0.6 is 11.8 Å². The summed E-state index contributed by atoms with van der Waals surface area (Å²) in [6.07, 6.45) is 6.82. The zero-order valence-corrected chi connectivity index (χ0v) is 14.6. The Labute approximate surface area is 141 Å². The van der Waals surface area contributed by atoms with Gasteiger partial charge in [0.25, 0.3) is 0 Å². The number of piperidine rings is 1. The van der Waals surface area contributed by atoms with Crippen molar-refractivity contribution in [1.82, 2.24) is 19.4 Å². The summed E-state index contributed by atoms with van der Waals surface area (Å²) < 4.78 is 2.21. The lowest BCUT2D eigenvalue weighted by Gasteiger charge is -2.36. The largest absolute Gasteiger partial charge is 0.339 e. The van der Waals surface area contributed by atoms with E-state index >= 15 is 0 Å². The molecule has 2 amide bonds. The molecule has 0 saturated carbocycles. The van der Waals surface area contributed by atoms with Gasteiger partial charge in [0.05, 0.1) is 11.9 Å². The quantitative estimate of drug-likeness (QED) is 0.840. The molecule has 7 heteroatoms. The number of imidazole rings is 1. The van der Waals surface area contributed by atoms with E-state index in [2.05, 4.69) is 16.5 Å². The first-order valence-electron chi connectivity index (χ1n) is 8.27. The number of hydrogen-bond donors (Lipinski definition) is 0. The average Bonchev–Trinajstić information content (AvgIpc) is 3.23. The van der Waals surface area contributed by atoms with Crippen LogP contribution in [0.5, 0.6) is 0 Å². The van der Waals surface area contributed by atoms with Gasteiger partial charge in [-0.25, -0.2) is 4.98 Å². The molecule has 0 aromatic carbocycles. The molecule has 0 bridgehead atoms. The van der Waals surface area contributed by atoms with E-state index < -0.39 is 0 Å². The fraction of sp³-hybridized carbons (Fsp3) is 0.688. The van der Waals surface area contributed by atoms with Crippen LogP contribution < -0.4 is 0 Å². The summed E-state index contributed by atoms with van der Waals surface area (Å²) in [5, 5.41) is 0. The van der Waals surface area contributed by atoms with E-state index in [0.717, 1.165) is 38.2 Å². The van der Waals surface area contributed by atoms with Gasteiger partial charge in [-0.2, -0.15) is 0 Å². The molecule has 3 heterocycles. The summed E-state index contributed by atoms with van der Waals surface area (Å²) in [4.78, 5) is 32.6. The van der Waals surface area contributed by atoms with Gasteiger partial charge in [-0.15, -0.1) is 11.8 Å². The topological polar surface area (TPSA) is 58.4 Å². The number of carbonyl (C=O) groups excluding carboxylic acids is 2.